The number of hydrogen-bond acceptors (Lipinski definition) is 2. The Hall–Kier alpha value is -3.16. The molecule has 6 nitrogen and oxygen atoms in total. The molecule has 0 saturated heterocycles. The Morgan fingerprint density at radius 3 is 1.74 bits per heavy atom. The lowest BCUT2D eigenvalue weighted by Gasteiger charge is -2.20. The largest absolute Gasteiger partial charge is 0.327 e. The minimum Gasteiger partial charge on any atom is -0.327 e. The molecule has 0 spiro atoms. The smallest absolute Gasteiger partial charge is 0.319 e. The Morgan fingerprint density at radius 2 is 1.26 bits per heavy atom. The molecule has 0 aliphatic heterocycles. The first-order valence-corrected chi connectivity index (χ1v) is 9.37. The van der Waals surface area contributed by atoms with Crippen LogP contribution in [0.3, 0.4) is 0 Å². The Labute approximate surface area is 160 Å². The van der Waals surface area contributed by atoms with Crippen molar-refractivity contribution in [1.29, 1.82) is 0 Å². The monoisotopic (exact) mass is 381 g/mol. The number of anilines is 2. The van der Waals surface area contributed by atoms with Gasteiger partial charge in [-0.3, -0.25) is 9.27 Å². The summed E-state index contributed by atoms with van der Waals surface area (Å²) in [4.78, 5) is 12.5. The number of hydrogen-bond donors (Lipinski definition) is 4. The Bertz CT molecular complexity index is 863. The molecule has 2 amide bonds. The molecule has 0 radical (unpaired) electrons. The second kappa shape index (κ2) is 8.98. The van der Waals surface area contributed by atoms with Gasteiger partial charge in [0.1, 0.15) is 0 Å². The van der Waals surface area contributed by atoms with E-state index in [1.54, 1.807) is 24.3 Å². The summed E-state index contributed by atoms with van der Waals surface area (Å²) in [7, 11) is 0. The number of carbonyl (C=O) groups excluding carboxylic acids is 1. The molecular formula is C20H19N3O3S. The Kier molecular flexibility index (Phi) is 6.19. The van der Waals surface area contributed by atoms with Crippen molar-refractivity contribution in [2.75, 3.05) is 10.0 Å². The van der Waals surface area contributed by atoms with Gasteiger partial charge in [-0.05, 0) is 35.4 Å². The highest BCUT2D eigenvalue weighted by Gasteiger charge is 2.16. The van der Waals surface area contributed by atoms with Gasteiger partial charge in [0.25, 0.3) is 11.3 Å². The zero-order valence-electron chi connectivity index (χ0n) is 14.3. The van der Waals surface area contributed by atoms with E-state index in [1.807, 2.05) is 60.7 Å². The molecule has 0 saturated carbocycles. The van der Waals surface area contributed by atoms with E-state index in [2.05, 4.69) is 15.4 Å². The fourth-order valence-corrected chi connectivity index (χ4v) is 3.01. The zero-order valence-corrected chi connectivity index (χ0v) is 15.1. The van der Waals surface area contributed by atoms with E-state index in [4.69, 9.17) is 4.55 Å². The topological polar surface area (TPSA) is 90.5 Å². The van der Waals surface area contributed by atoms with Crippen molar-refractivity contribution in [2.45, 2.75) is 6.04 Å². The normalized spacial score (nSPS) is 11.6. The van der Waals surface area contributed by atoms with Crippen LogP contribution in [0.15, 0.2) is 84.9 Å². The highest BCUT2D eigenvalue weighted by molar-refractivity contribution is 7.80. The molecule has 27 heavy (non-hydrogen) atoms. The van der Waals surface area contributed by atoms with Crippen LogP contribution in [0, 0.1) is 0 Å². The van der Waals surface area contributed by atoms with Crippen molar-refractivity contribution in [2.24, 2.45) is 0 Å². The summed E-state index contributed by atoms with van der Waals surface area (Å²) < 4.78 is 21.9. The zero-order chi connectivity index (χ0) is 19.1. The van der Waals surface area contributed by atoms with Crippen molar-refractivity contribution >= 4 is 28.7 Å². The van der Waals surface area contributed by atoms with E-state index >= 15 is 0 Å². The van der Waals surface area contributed by atoms with Crippen LogP contribution in [0.2, 0.25) is 0 Å². The Morgan fingerprint density at radius 1 is 0.778 bits per heavy atom. The van der Waals surface area contributed by atoms with E-state index in [9.17, 15) is 9.00 Å². The van der Waals surface area contributed by atoms with Gasteiger partial charge in [-0.25, -0.2) is 9.00 Å². The number of nitrogens with one attached hydrogen (secondary N) is 3. The maximum Gasteiger partial charge on any atom is 0.319 e. The second-order valence-electron chi connectivity index (χ2n) is 5.78. The van der Waals surface area contributed by atoms with E-state index in [0.29, 0.717) is 11.4 Å². The highest BCUT2D eigenvalue weighted by atomic mass is 32.2. The molecular weight excluding hydrogens is 362 g/mol. The van der Waals surface area contributed by atoms with Gasteiger partial charge >= 0.3 is 6.03 Å². The van der Waals surface area contributed by atoms with Gasteiger partial charge in [0.05, 0.1) is 6.04 Å². The van der Waals surface area contributed by atoms with Crippen LogP contribution in [-0.2, 0) is 11.3 Å². The summed E-state index contributed by atoms with van der Waals surface area (Å²) in [6.07, 6.45) is 0. The maximum atomic E-state index is 12.5. The van der Waals surface area contributed by atoms with Gasteiger partial charge in [0.2, 0.25) is 0 Å². The lowest BCUT2D eigenvalue weighted by atomic mass is 9.99. The Balaban J connectivity index is 1.72. The van der Waals surface area contributed by atoms with Crippen LogP contribution in [0.4, 0.5) is 16.2 Å². The summed E-state index contributed by atoms with van der Waals surface area (Å²) >= 11 is -2.13. The first kappa shape index (κ1) is 18.6. The maximum absolute atomic E-state index is 12.5. The van der Waals surface area contributed by atoms with E-state index in [0.717, 1.165) is 11.1 Å². The lowest BCUT2D eigenvalue weighted by Crippen LogP contribution is -2.33. The van der Waals surface area contributed by atoms with Crippen LogP contribution in [-0.4, -0.2) is 14.8 Å². The van der Waals surface area contributed by atoms with Gasteiger partial charge in [0, 0.05) is 11.4 Å². The summed E-state index contributed by atoms with van der Waals surface area (Å²) in [6.45, 7) is 0. The van der Waals surface area contributed by atoms with Crippen LogP contribution in [0.1, 0.15) is 17.2 Å². The van der Waals surface area contributed by atoms with Crippen molar-refractivity contribution in [1.82, 2.24) is 5.32 Å². The molecule has 0 fully saturated rings. The summed E-state index contributed by atoms with van der Waals surface area (Å²) in [5.41, 5.74) is 3.00. The lowest BCUT2D eigenvalue weighted by molar-refractivity contribution is 0.250. The number of benzene rings is 3. The van der Waals surface area contributed by atoms with E-state index in [-0.39, 0.29) is 12.1 Å². The predicted octanol–water partition coefficient (Wildman–Crippen LogP) is 4.15. The summed E-state index contributed by atoms with van der Waals surface area (Å²) in [6, 6.07) is 25.3. The first-order chi connectivity index (χ1) is 13.1. The van der Waals surface area contributed by atoms with Gasteiger partial charge in [-0.15, -0.1) is 0 Å². The number of carbonyl (C=O) groups is 1. The number of urea groups is 1. The molecule has 1 unspecified atom stereocenters. The molecule has 0 aliphatic carbocycles. The molecule has 3 aromatic carbocycles. The molecule has 0 aromatic heterocycles. The average molecular weight is 381 g/mol. The fraction of sp³-hybridized carbons (Fsp3) is 0.0500. The van der Waals surface area contributed by atoms with E-state index < -0.39 is 11.3 Å². The second-order valence-corrected chi connectivity index (χ2v) is 6.48. The SMILES string of the molecule is O=C(Nc1ccc(NS(=O)O)cc1)NC(c1ccccc1)c1ccccc1. The van der Waals surface area contributed by atoms with Crippen LogP contribution in [0.25, 0.3) is 0 Å². The molecule has 4 N–H and O–H groups in total. The number of rotatable bonds is 6. The molecule has 0 aliphatic rings. The molecule has 3 aromatic rings. The summed E-state index contributed by atoms with van der Waals surface area (Å²) in [5.74, 6) is 0. The first-order valence-electron chi connectivity index (χ1n) is 8.27. The fourth-order valence-electron chi connectivity index (χ4n) is 2.67. The van der Waals surface area contributed by atoms with Crippen molar-refractivity contribution in [3.63, 3.8) is 0 Å². The van der Waals surface area contributed by atoms with Crippen molar-refractivity contribution in [3.8, 4) is 0 Å². The van der Waals surface area contributed by atoms with Crippen molar-refractivity contribution < 1.29 is 13.6 Å². The standard InChI is InChI=1S/C20H19N3O3S/c24-20(21-17-11-13-18(14-12-17)23-27(25)26)22-19(15-7-3-1-4-8-15)16-9-5-2-6-10-16/h1-14,19,23H,(H,25,26)(H2,21,22,24). The van der Waals surface area contributed by atoms with Crippen molar-refractivity contribution in [3.05, 3.63) is 96.1 Å². The van der Waals surface area contributed by atoms with Gasteiger partial charge in [-0.2, -0.15) is 0 Å². The summed E-state index contributed by atoms with van der Waals surface area (Å²) in [5, 5.41) is 5.77. The number of amides is 2. The third-order valence-corrected chi connectivity index (χ3v) is 4.30. The van der Waals surface area contributed by atoms with E-state index in [1.165, 1.54) is 0 Å². The molecule has 7 heteroatoms. The van der Waals surface area contributed by atoms with Gasteiger partial charge in [0.15, 0.2) is 0 Å². The quantitative estimate of drug-likeness (QED) is 0.484. The van der Waals surface area contributed by atoms with Crippen LogP contribution < -0.4 is 15.4 Å². The van der Waals surface area contributed by atoms with Gasteiger partial charge in [-0.1, -0.05) is 60.7 Å². The van der Waals surface area contributed by atoms with Crippen LogP contribution in [0.5, 0.6) is 0 Å². The third kappa shape index (κ3) is 5.40. The average Bonchev–Trinajstić information content (AvgIpc) is 2.69. The van der Waals surface area contributed by atoms with Gasteiger partial charge < -0.3 is 10.6 Å². The highest BCUT2D eigenvalue weighted by Crippen LogP contribution is 2.22. The molecule has 1 atom stereocenters. The molecule has 0 heterocycles. The predicted molar refractivity (Wildman–Crippen MR) is 108 cm³/mol. The minimum atomic E-state index is -2.13. The molecule has 0 bridgehead atoms. The van der Waals surface area contributed by atoms with Crippen LogP contribution >= 0.6 is 0 Å². The molecule has 138 valence electrons. The molecule has 3 rings (SSSR count). The minimum absolute atomic E-state index is 0.287. The third-order valence-electron chi connectivity index (χ3n) is 3.89.